The quantitative estimate of drug-likeness (QED) is 0.756. The van der Waals surface area contributed by atoms with Crippen molar-refractivity contribution in [1.82, 2.24) is 14.8 Å². The highest BCUT2D eigenvalue weighted by Gasteiger charge is 2.36. The van der Waals surface area contributed by atoms with Crippen molar-refractivity contribution in [3.05, 3.63) is 71.1 Å². The predicted molar refractivity (Wildman–Crippen MR) is 85.8 cm³/mol. The van der Waals surface area contributed by atoms with Crippen LogP contribution in [0.1, 0.15) is 16.2 Å². The van der Waals surface area contributed by atoms with Gasteiger partial charge in [0, 0.05) is 12.3 Å². The molecule has 3 rings (SSSR count). The lowest BCUT2D eigenvalue weighted by Gasteiger charge is -2.09. The first kappa shape index (κ1) is 17.0. The first-order chi connectivity index (χ1) is 11.9. The SMILES string of the molecule is O=C(Nc1ccccn1)c1cc(C(F)(F)F)nn1-c1ccccc1Cl. The van der Waals surface area contributed by atoms with Crippen LogP contribution in [0.4, 0.5) is 19.0 Å². The van der Waals surface area contributed by atoms with Gasteiger partial charge in [0.15, 0.2) is 5.69 Å². The summed E-state index contributed by atoms with van der Waals surface area (Å²) in [6.45, 7) is 0. The number of halogens is 4. The Balaban J connectivity index is 2.07. The molecule has 0 aliphatic heterocycles. The number of anilines is 1. The van der Waals surface area contributed by atoms with Crippen molar-refractivity contribution >= 4 is 23.3 Å². The first-order valence-electron chi connectivity index (χ1n) is 7.01. The fourth-order valence-electron chi connectivity index (χ4n) is 2.11. The van der Waals surface area contributed by atoms with Crippen LogP contribution >= 0.6 is 11.6 Å². The standard InChI is InChI=1S/C16H10ClF3N4O/c17-10-5-1-2-6-11(10)24-12(9-13(23-24)16(18,19)20)15(25)22-14-7-3-4-8-21-14/h1-9H,(H,21,22,25). The largest absolute Gasteiger partial charge is 0.435 e. The molecule has 1 amide bonds. The summed E-state index contributed by atoms with van der Waals surface area (Å²) in [5, 5.41) is 6.09. The number of amides is 1. The summed E-state index contributed by atoms with van der Waals surface area (Å²) in [4.78, 5) is 16.3. The van der Waals surface area contributed by atoms with Gasteiger partial charge in [-0.3, -0.25) is 4.79 Å². The number of carbonyl (C=O) groups is 1. The maximum atomic E-state index is 13.0. The second-order valence-electron chi connectivity index (χ2n) is 4.94. The van der Waals surface area contributed by atoms with Crippen LogP contribution in [0.3, 0.4) is 0 Å². The van der Waals surface area contributed by atoms with Gasteiger partial charge in [-0.2, -0.15) is 18.3 Å². The second-order valence-corrected chi connectivity index (χ2v) is 5.35. The smallest absolute Gasteiger partial charge is 0.305 e. The monoisotopic (exact) mass is 366 g/mol. The molecule has 0 unspecified atom stereocenters. The molecule has 1 N–H and O–H groups in total. The molecule has 0 bridgehead atoms. The number of alkyl halides is 3. The summed E-state index contributed by atoms with van der Waals surface area (Å²) in [6, 6.07) is 11.6. The zero-order valence-corrected chi connectivity index (χ0v) is 13.2. The van der Waals surface area contributed by atoms with E-state index in [4.69, 9.17) is 11.6 Å². The first-order valence-corrected chi connectivity index (χ1v) is 7.38. The summed E-state index contributed by atoms with van der Waals surface area (Å²) in [5.74, 6) is -0.588. The Hall–Kier alpha value is -2.87. The highest BCUT2D eigenvalue weighted by molar-refractivity contribution is 6.32. The van der Waals surface area contributed by atoms with Crippen molar-refractivity contribution < 1.29 is 18.0 Å². The molecule has 0 saturated carbocycles. The molecule has 9 heteroatoms. The van der Waals surface area contributed by atoms with E-state index in [1.165, 1.54) is 24.4 Å². The van der Waals surface area contributed by atoms with Gasteiger partial charge < -0.3 is 5.32 Å². The summed E-state index contributed by atoms with van der Waals surface area (Å²) in [5.41, 5.74) is -1.35. The predicted octanol–water partition coefficient (Wildman–Crippen LogP) is 4.19. The topological polar surface area (TPSA) is 59.8 Å². The number of nitrogens with zero attached hydrogens (tertiary/aromatic N) is 3. The van der Waals surface area contributed by atoms with Crippen LogP contribution in [0.15, 0.2) is 54.7 Å². The van der Waals surface area contributed by atoms with E-state index in [0.29, 0.717) is 6.07 Å². The van der Waals surface area contributed by atoms with Gasteiger partial charge in [0.2, 0.25) is 0 Å². The van der Waals surface area contributed by atoms with Crippen molar-refractivity contribution in [2.75, 3.05) is 5.32 Å². The van der Waals surface area contributed by atoms with Crippen molar-refractivity contribution in [1.29, 1.82) is 0 Å². The molecule has 1 aromatic carbocycles. The average molecular weight is 367 g/mol. The molecule has 2 aromatic heterocycles. The lowest BCUT2D eigenvalue weighted by Crippen LogP contribution is -2.17. The number of aromatic nitrogens is 3. The van der Waals surface area contributed by atoms with E-state index in [1.807, 2.05) is 0 Å². The van der Waals surface area contributed by atoms with E-state index in [-0.39, 0.29) is 22.2 Å². The lowest BCUT2D eigenvalue weighted by molar-refractivity contribution is -0.141. The average Bonchev–Trinajstić information content (AvgIpc) is 3.02. The maximum absolute atomic E-state index is 13.0. The Morgan fingerprint density at radius 1 is 1.12 bits per heavy atom. The molecule has 128 valence electrons. The number of rotatable bonds is 3. The third-order valence-corrected chi connectivity index (χ3v) is 3.54. The minimum atomic E-state index is -4.70. The van der Waals surface area contributed by atoms with E-state index in [1.54, 1.807) is 24.3 Å². The second kappa shape index (κ2) is 6.56. The Kier molecular flexibility index (Phi) is 4.45. The minimum Gasteiger partial charge on any atom is -0.305 e. The summed E-state index contributed by atoms with van der Waals surface area (Å²) in [7, 11) is 0. The van der Waals surface area contributed by atoms with Gasteiger partial charge >= 0.3 is 6.18 Å². The molecule has 0 aliphatic rings. The molecule has 2 heterocycles. The van der Waals surface area contributed by atoms with Gasteiger partial charge in [0.25, 0.3) is 5.91 Å². The van der Waals surface area contributed by atoms with Crippen LogP contribution < -0.4 is 5.32 Å². The molecule has 0 spiro atoms. The van der Waals surface area contributed by atoms with Crippen molar-refractivity contribution in [3.8, 4) is 5.69 Å². The van der Waals surface area contributed by atoms with Crippen LogP contribution in [-0.4, -0.2) is 20.7 Å². The third kappa shape index (κ3) is 3.63. The molecule has 0 aliphatic carbocycles. The fraction of sp³-hybridized carbons (Fsp3) is 0.0625. The number of hydrogen-bond acceptors (Lipinski definition) is 3. The van der Waals surface area contributed by atoms with Gasteiger partial charge in [-0.25, -0.2) is 9.67 Å². The number of pyridine rings is 1. The maximum Gasteiger partial charge on any atom is 0.435 e. The molecule has 25 heavy (non-hydrogen) atoms. The normalized spacial score (nSPS) is 11.4. The third-order valence-electron chi connectivity index (χ3n) is 3.22. The molecule has 0 radical (unpaired) electrons. The van der Waals surface area contributed by atoms with Gasteiger partial charge in [-0.1, -0.05) is 29.8 Å². The lowest BCUT2D eigenvalue weighted by atomic mass is 10.3. The molecule has 0 atom stereocenters. The van der Waals surface area contributed by atoms with E-state index in [0.717, 1.165) is 4.68 Å². The summed E-state index contributed by atoms with van der Waals surface area (Å²) in [6.07, 6.45) is -3.26. The number of para-hydroxylation sites is 1. The van der Waals surface area contributed by atoms with Crippen LogP contribution in [0, 0.1) is 0 Å². The van der Waals surface area contributed by atoms with Crippen molar-refractivity contribution in [2.24, 2.45) is 0 Å². The highest BCUT2D eigenvalue weighted by atomic mass is 35.5. The van der Waals surface area contributed by atoms with Gasteiger partial charge in [0.1, 0.15) is 11.5 Å². The number of hydrogen-bond donors (Lipinski definition) is 1. The van der Waals surface area contributed by atoms with Crippen LogP contribution in [0.25, 0.3) is 5.69 Å². The van der Waals surface area contributed by atoms with Gasteiger partial charge in [-0.05, 0) is 24.3 Å². The Labute approximate surface area is 145 Å². The van der Waals surface area contributed by atoms with Gasteiger partial charge in [-0.15, -0.1) is 0 Å². The molecule has 3 aromatic rings. The molecular formula is C16H10ClF3N4O. The minimum absolute atomic E-state index is 0.158. The fourth-order valence-corrected chi connectivity index (χ4v) is 2.32. The van der Waals surface area contributed by atoms with E-state index < -0.39 is 17.8 Å². The Bertz CT molecular complexity index is 909. The Morgan fingerprint density at radius 2 is 1.84 bits per heavy atom. The summed E-state index contributed by atoms with van der Waals surface area (Å²) >= 11 is 6.03. The van der Waals surface area contributed by atoms with Crippen molar-refractivity contribution in [3.63, 3.8) is 0 Å². The van der Waals surface area contributed by atoms with E-state index >= 15 is 0 Å². The van der Waals surface area contributed by atoms with Gasteiger partial charge in [0.05, 0.1) is 10.7 Å². The summed E-state index contributed by atoms with van der Waals surface area (Å²) < 4.78 is 40.0. The number of nitrogens with one attached hydrogen (secondary N) is 1. The molecule has 5 nitrogen and oxygen atoms in total. The number of benzene rings is 1. The zero-order chi connectivity index (χ0) is 18.0. The van der Waals surface area contributed by atoms with E-state index in [9.17, 15) is 18.0 Å². The van der Waals surface area contributed by atoms with Crippen molar-refractivity contribution in [2.45, 2.75) is 6.18 Å². The number of carbonyl (C=O) groups excluding carboxylic acids is 1. The Morgan fingerprint density at radius 3 is 2.48 bits per heavy atom. The molecule has 0 fully saturated rings. The van der Waals surface area contributed by atoms with E-state index in [2.05, 4.69) is 15.4 Å². The molecule has 0 saturated heterocycles. The van der Waals surface area contributed by atoms with Crippen LogP contribution in [0.2, 0.25) is 5.02 Å². The highest BCUT2D eigenvalue weighted by Crippen LogP contribution is 2.31. The van der Waals surface area contributed by atoms with Crippen LogP contribution in [-0.2, 0) is 6.18 Å². The molecular weight excluding hydrogens is 357 g/mol. The zero-order valence-electron chi connectivity index (χ0n) is 12.5. The van der Waals surface area contributed by atoms with Crippen LogP contribution in [0.5, 0.6) is 0 Å².